The van der Waals surface area contributed by atoms with Crippen molar-refractivity contribution < 1.29 is 37.7 Å². The van der Waals surface area contributed by atoms with Gasteiger partial charge in [-0.1, -0.05) is 17.7 Å². The van der Waals surface area contributed by atoms with E-state index in [9.17, 15) is 23.5 Å². The lowest BCUT2D eigenvalue weighted by Gasteiger charge is -2.12. The van der Waals surface area contributed by atoms with Gasteiger partial charge in [-0.25, -0.2) is 0 Å². The highest BCUT2D eigenvalue weighted by Crippen LogP contribution is 2.37. The van der Waals surface area contributed by atoms with Crippen molar-refractivity contribution in [2.45, 2.75) is 6.61 Å². The molecule has 6 nitrogen and oxygen atoms in total. The van der Waals surface area contributed by atoms with E-state index in [1.54, 1.807) is 0 Å². The number of carboxylic acid groups (broad SMARTS) is 1. The molecule has 0 aliphatic carbocycles. The predicted molar refractivity (Wildman–Crippen MR) is 94.9 cm³/mol. The molecule has 0 heterocycles. The van der Waals surface area contributed by atoms with Crippen molar-refractivity contribution in [1.29, 1.82) is 0 Å². The Bertz CT molecular complexity index is 881. The maximum absolute atomic E-state index is 12.4. The van der Waals surface area contributed by atoms with Crippen LogP contribution in [0.2, 0.25) is 5.02 Å². The molecule has 0 bridgehead atoms. The molecule has 2 aromatic rings. The summed E-state index contributed by atoms with van der Waals surface area (Å²) in [7, 11) is 1.27. The third-order valence-corrected chi connectivity index (χ3v) is 3.66. The van der Waals surface area contributed by atoms with Crippen LogP contribution in [0.4, 0.5) is 8.78 Å². The topological polar surface area (TPSA) is 84.9 Å². The lowest BCUT2D eigenvalue weighted by Crippen LogP contribution is -2.28. The Balaban J connectivity index is 2.13. The zero-order valence-corrected chi connectivity index (χ0v) is 15.2. The first-order valence-electron chi connectivity index (χ1n) is 7.77. The summed E-state index contributed by atoms with van der Waals surface area (Å²) in [5.74, 6) is -1.74. The number of halogens is 3. The Kier molecular flexibility index (Phi) is 7.34. The first-order chi connectivity index (χ1) is 13.3. The number of ether oxygens (including phenoxy) is 3. The molecule has 28 heavy (non-hydrogen) atoms. The van der Waals surface area contributed by atoms with E-state index >= 15 is 0 Å². The van der Waals surface area contributed by atoms with Crippen LogP contribution in [0, 0.1) is 0 Å². The number of rotatable bonds is 9. The van der Waals surface area contributed by atoms with E-state index in [1.165, 1.54) is 55.7 Å². The molecule has 0 aromatic heterocycles. The van der Waals surface area contributed by atoms with Gasteiger partial charge in [-0.3, -0.25) is 4.79 Å². The largest absolute Gasteiger partial charge is 0.546 e. The van der Waals surface area contributed by atoms with Crippen molar-refractivity contribution in [2.24, 2.45) is 0 Å². The Labute approximate surface area is 163 Å². The monoisotopic (exact) mass is 411 g/mol. The molecular formula is C19H14ClF2O6-. The maximum Gasteiger partial charge on any atom is 0.387 e. The highest BCUT2D eigenvalue weighted by atomic mass is 35.5. The molecule has 0 aliphatic rings. The van der Waals surface area contributed by atoms with Gasteiger partial charge in [0.05, 0.1) is 18.1 Å². The highest BCUT2D eigenvalue weighted by molar-refractivity contribution is 6.32. The summed E-state index contributed by atoms with van der Waals surface area (Å²) in [6.07, 6.45) is 2.69. The van der Waals surface area contributed by atoms with Crippen molar-refractivity contribution in [1.82, 2.24) is 0 Å². The summed E-state index contributed by atoms with van der Waals surface area (Å²) in [4.78, 5) is 22.6. The fraction of sp³-hybridized carbons (Fsp3) is 0.158. The number of carboxylic acids is 1. The van der Waals surface area contributed by atoms with Crippen LogP contribution in [0.3, 0.4) is 0 Å². The molecule has 148 valence electrons. The number of benzene rings is 2. The van der Waals surface area contributed by atoms with Crippen LogP contribution >= 0.6 is 11.6 Å². The normalized spacial score (nSPS) is 10.9. The third-order valence-electron chi connectivity index (χ3n) is 3.38. The number of carbonyl (C=O) groups is 2. The predicted octanol–water partition coefficient (Wildman–Crippen LogP) is 2.97. The van der Waals surface area contributed by atoms with Crippen molar-refractivity contribution in [3.05, 3.63) is 58.6 Å². The molecule has 0 amide bonds. The smallest absolute Gasteiger partial charge is 0.387 e. The number of hydrogen-bond acceptors (Lipinski definition) is 6. The number of methoxy groups -OCH3 is 1. The van der Waals surface area contributed by atoms with E-state index in [-0.39, 0.29) is 28.1 Å². The zero-order valence-electron chi connectivity index (χ0n) is 14.5. The molecular weight excluding hydrogens is 398 g/mol. The first-order valence-corrected chi connectivity index (χ1v) is 8.15. The van der Waals surface area contributed by atoms with E-state index < -0.39 is 19.2 Å². The Morgan fingerprint density at radius 1 is 1.21 bits per heavy atom. The van der Waals surface area contributed by atoms with Gasteiger partial charge in [-0.05, 0) is 48.0 Å². The van der Waals surface area contributed by atoms with E-state index in [0.717, 1.165) is 0 Å². The molecule has 0 saturated carbocycles. The second kappa shape index (κ2) is 9.70. The van der Waals surface area contributed by atoms with Crippen LogP contribution < -0.4 is 19.3 Å². The van der Waals surface area contributed by atoms with Crippen molar-refractivity contribution in [3.8, 4) is 17.2 Å². The van der Waals surface area contributed by atoms with Crippen LogP contribution in [0.1, 0.15) is 15.9 Å². The molecule has 0 radical (unpaired) electrons. The molecule has 2 aromatic carbocycles. The SMILES string of the molecule is COc1cc(/C=C/C(=O)c2ccc(OCC(=O)[O-])cc2)cc(Cl)c1OC(F)F. The van der Waals surface area contributed by atoms with Crippen LogP contribution in [0.5, 0.6) is 17.2 Å². The van der Waals surface area contributed by atoms with E-state index in [0.29, 0.717) is 11.1 Å². The molecule has 0 fully saturated rings. The molecule has 0 unspecified atom stereocenters. The third kappa shape index (κ3) is 5.95. The van der Waals surface area contributed by atoms with Crippen molar-refractivity contribution in [3.63, 3.8) is 0 Å². The Morgan fingerprint density at radius 2 is 1.89 bits per heavy atom. The van der Waals surface area contributed by atoms with Crippen LogP contribution in [-0.2, 0) is 4.79 Å². The number of ketones is 1. The quantitative estimate of drug-likeness (QED) is 0.466. The summed E-state index contributed by atoms with van der Waals surface area (Å²) in [6.45, 7) is -3.66. The van der Waals surface area contributed by atoms with Gasteiger partial charge >= 0.3 is 6.61 Å². The van der Waals surface area contributed by atoms with Crippen molar-refractivity contribution >= 4 is 29.4 Å². The van der Waals surface area contributed by atoms with Gasteiger partial charge in [0.15, 0.2) is 17.3 Å². The number of carbonyl (C=O) groups excluding carboxylic acids is 2. The highest BCUT2D eigenvalue weighted by Gasteiger charge is 2.15. The number of alkyl halides is 2. The van der Waals surface area contributed by atoms with Gasteiger partial charge in [0, 0.05) is 5.56 Å². The van der Waals surface area contributed by atoms with Gasteiger partial charge in [-0.15, -0.1) is 0 Å². The van der Waals surface area contributed by atoms with Crippen LogP contribution in [-0.4, -0.2) is 32.1 Å². The second-order valence-electron chi connectivity index (χ2n) is 5.30. The molecule has 0 N–H and O–H groups in total. The van der Waals surface area contributed by atoms with E-state index in [2.05, 4.69) is 4.74 Å². The number of aliphatic carboxylic acids is 1. The van der Waals surface area contributed by atoms with E-state index in [4.69, 9.17) is 21.1 Å². The van der Waals surface area contributed by atoms with Crippen molar-refractivity contribution in [2.75, 3.05) is 13.7 Å². The van der Waals surface area contributed by atoms with Gasteiger partial charge < -0.3 is 24.1 Å². The molecule has 2 rings (SSSR count). The lowest BCUT2D eigenvalue weighted by molar-refractivity contribution is -0.307. The van der Waals surface area contributed by atoms with Crippen LogP contribution in [0.15, 0.2) is 42.5 Å². The average Bonchev–Trinajstić information content (AvgIpc) is 2.66. The fourth-order valence-corrected chi connectivity index (χ4v) is 2.43. The Hall–Kier alpha value is -3.13. The Morgan fingerprint density at radius 3 is 2.46 bits per heavy atom. The zero-order chi connectivity index (χ0) is 20.7. The molecule has 0 atom stereocenters. The minimum absolute atomic E-state index is 0.00526. The van der Waals surface area contributed by atoms with Gasteiger partial charge in [0.25, 0.3) is 0 Å². The summed E-state index contributed by atoms with van der Waals surface area (Å²) in [5.41, 5.74) is 0.762. The molecule has 0 saturated heterocycles. The summed E-state index contributed by atoms with van der Waals surface area (Å²) in [5, 5.41) is 10.3. The fourth-order valence-electron chi connectivity index (χ4n) is 2.17. The average molecular weight is 412 g/mol. The number of allylic oxidation sites excluding steroid dienone is 1. The minimum Gasteiger partial charge on any atom is -0.546 e. The van der Waals surface area contributed by atoms with Gasteiger partial charge in [0.1, 0.15) is 12.4 Å². The van der Waals surface area contributed by atoms with Gasteiger partial charge in [-0.2, -0.15) is 8.78 Å². The second-order valence-corrected chi connectivity index (χ2v) is 5.70. The van der Waals surface area contributed by atoms with Crippen LogP contribution in [0.25, 0.3) is 6.08 Å². The summed E-state index contributed by atoms with van der Waals surface area (Å²) >= 11 is 5.94. The maximum atomic E-state index is 12.4. The standard InChI is InChI=1S/C19H15ClF2O6/c1-26-16-9-11(8-14(20)18(16)28-19(21)22)2-7-15(23)12-3-5-13(6-4-12)27-10-17(24)25/h2-9,19H,10H2,1H3,(H,24,25)/p-1/b7-2+. The van der Waals surface area contributed by atoms with E-state index in [1.807, 2.05) is 0 Å². The van der Waals surface area contributed by atoms with Gasteiger partial charge in [0.2, 0.25) is 0 Å². The number of hydrogen-bond donors (Lipinski definition) is 0. The molecule has 0 aliphatic heterocycles. The molecule has 9 heteroatoms. The summed E-state index contributed by atoms with van der Waals surface area (Å²) in [6, 6.07) is 8.56. The lowest BCUT2D eigenvalue weighted by atomic mass is 10.1. The molecule has 0 spiro atoms. The summed E-state index contributed by atoms with van der Waals surface area (Å²) < 4.78 is 39.1. The first kappa shape index (κ1) is 21.2. The minimum atomic E-state index is -3.06.